The predicted molar refractivity (Wildman–Crippen MR) is 93.8 cm³/mol. The van der Waals surface area contributed by atoms with Crippen LogP contribution in [0.25, 0.3) is 11.5 Å². The lowest BCUT2D eigenvalue weighted by Crippen LogP contribution is -2.34. The summed E-state index contributed by atoms with van der Waals surface area (Å²) in [5, 5.41) is 4.54. The molecule has 7 heteroatoms. The smallest absolute Gasteiger partial charge is 0.288 e. The summed E-state index contributed by atoms with van der Waals surface area (Å²) in [6.45, 7) is 5.09. The van der Waals surface area contributed by atoms with Crippen molar-refractivity contribution in [2.45, 2.75) is 26.4 Å². The van der Waals surface area contributed by atoms with Crippen LogP contribution in [0.3, 0.4) is 0 Å². The van der Waals surface area contributed by atoms with Gasteiger partial charge in [-0.3, -0.25) is 4.90 Å². The van der Waals surface area contributed by atoms with Crippen molar-refractivity contribution in [1.29, 1.82) is 0 Å². The molecule has 2 heterocycles. The summed E-state index contributed by atoms with van der Waals surface area (Å²) in [7, 11) is 3.23. The molecule has 1 aliphatic heterocycles. The largest absolute Gasteiger partial charge is 0.497 e. The lowest BCUT2D eigenvalue weighted by molar-refractivity contribution is 0.144. The SMILES string of the molecule is COc1ccc(-c2nn(CN3CCC(C)CC3)c(=S)o2)c(OC)c1. The highest BCUT2D eigenvalue weighted by atomic mass is 32.1. The van der Waals surface area contributed by atoms with Crippen molar-refractivity contribution in [3.8, 4) is 23.0 Å². The number of ether oxygens (including phenoxy) is 2. The third-order valence-corrected chi connectivity index (χ3v) is 4.75. The van der Waals surface area contributed by atoms with Crippen molar-refractivity contribution < 1.29 is 13.9 Å². The number of hydrogen-bond acceptors (Lipinski definition) is 6. The maximum Gasteiger partial charge on any atom is 0.288 e. The van der Waals surface area contributed by atoms with Crippen molar-refractivity contribution in [2.24, 2.45) is 5.92 Å². The second-order valence-electron chi connectivity index (χ2n) is 6.18. The van der Waals surface area contributed by atoms with Gasteiger partial charge in [-0.2, -0.15) is 0 Å². The Morgan fingerprint density at radius 1 is 1.25 bits per heavy atom. The maximum atomic E-state index is 5.70. The van der Waals surface area contributed by atoms with Gasteiger partial charge in [0, 0.05) is 19.2 Å². The number of likely N-dealkylation sites (tertiary alicyclic amines) is 1. The molecule has 0 saturated carbocycles. The molecule has 1 aromatic carbocycles. The summed E-state index contributed by atoms with van der Waals surface area (Å²) in [6.07, 6.45) is 2.43. The Bertz CT molecular complexity index is 748. The molecule has 24 heavy (non-hydrogen) atoms. The fourth-order valence-electron chi connectivity index (χ4n) is 2.87. The fourth-order valence-corrected chi connectivity index (χ4v) is 3.05. The molecular weight excluding hydrogens is 326 g/mol. The van der Waals surface area contributed by atoms with Gasteiger partial charge in [0.1, 0.15) is 11.5 Å². The number of aromatic nitrogens is 2. The highest BCUT2D eigenvalue weighted by Gasteiger charge is 2.19. The van der Waals surface area contributed by atoms with Crippen LogP contribution in [0.15, 0.2) is 22.6 Å². The van der Waals surface area contributed by atoms with Gasteiger partial charge in [0.2, 0.25) is 0 Å². The average Bonchev–Trinajstić information content (AvgIpc) is 2.96. The standard InChI is InChI=1S/C17H23N3O3S/c1-12-6-8-19(9-7-12)11-20-17(24)23-16(18-20)14-5-4-13(21-2)10-15(14)22-3/h4-5,10,12H,6-9,11H2,1-3H3. The van der Waals surface area contributed by atoms with Crippen molar-refractivity contribution in [2.75, 3.05) is 27.3 Å². The number of methoxy groups -OCH3 is 2. The first kappa shape index (κ1) is 17.0. The average molecular weight is 349 g/mol. The molecule has 1 saturated heterocycles. The van der Waals surface area contributed by atoms with E-state index in [1.807, 2.05) is 12.1 Å². The van der Waals surface area contributed by atoms with Crippen LogP contribution in [0.4, 0.5) is 0 Å². The lowest BCUT2D eigenvalue weighted by atomic mass is 10.00. The molecular formula is C17H23N3O3S. The van der Waals surface area contributed by atoms with E-state index in [2.05, 4.69) is 16.9 Å². The van der Waals surface area contributed by atoms with Gasteiger partial charge in [-0.1, -0.05) is 6.92 Å². The van der Waals surface area contributed by atoms with Gasteiger partial charge in [-0.15, -0.1) is 5.10 Å². The van der Waals surface area contributed by atoms with Gasteiger partial charge in [0.15, 0.2) is 0 Å². The Kier molecular flexibility index (Phi) is 5.20. The molecule has 0 bridgehead atoms. The zero-order valence-electron chi connectivity index (χ0n) is 14.3. The van der Waals surface area contributed by atoms with E-state index in [9.17, 15) is 0 Å². The maximum absolute atomic E-state index is 5.70. The van der Waals surface area contributed by atoms with E-state index in [1.54, 1.807) is 25.0 Å². The Hall–Kier alpha value is -1.86. The van der Waals surface area contributed by atoms with Crippen LogP contribution in [0.5, 0.6) is 11.5 Å². The van der Waals surface area contributed by atoms with Crippen LogP contribution >= 0.6 is 12.2 Å². The first-order valence-electron chi connectivity index (χ1n) is 8.13. The summed E-state index contributed by atoms with van der Waals surface area (Å²) in [6, 6.07) is 5.52. The van der Waals surface area contributed by atoms with Gasteiger partial charge < -0.3 is 13.9 Å². The van der Waals surface area contributed by atoms with Crippen molar-refractivity contribution in [3.63, 3.8) is 0 Å². The Labute approximate surface area is 147 Å². The molecule has 0 atom stereocenters. The minimum absolute atomic E-state index is 0.376. The molecule has 0 aliphatic carbocycles. The molecule has 1 fully saturated rings. The summed E-state index contributed by atoms with van der Waals surface area (Å²) in [5.41, 5.74) is 0.760. The minimum Gasteiger partial charge on any atom is -0.497 e. The Morgan fingerprint density at radius 3 is 2.67 bits per heavy atom. The number of benzene rings is 1. The van der Waals surface area contributed by atoms with Crippen LogP contribution in [0.2, 0.25) is 0 Å². The Morgan fingerprint density at radius 2 is 2.00 bits per heavy atom. The van der Waals surface area contributed by atoms with E-state index in [0.29, 0.717) is 23.1 Å². The Balaban J connectivity index is 1.82. The molecule has 3 rings (SSSR count). The van der Waals surface area contributed by atoms with E-state index in [-0.39, 0.29) is 0 Å². The molecule has 0 radical (unpaired) electrons. The normalized spacial score (nSPS) is 16.3. The number of nitrogens with zero attached hydrogens (tertiary/aromatic N) is 3. The summed E-state index contributed by atoms with van der Waals surface area (Å²) >= 11 is 5.33. The second-order valence-corrected chi connectivity index (χ2v) is 6.53. The number of hydrogen-bond donors (Lipinski definition) is 0. The lowest BCUT2D eigenvalue weighted by Gasteiger charge is -2.29. The third-order valence-electron chi connectivity index (χ3n) is 4.46. The van der Waals surface area contributed by atoms with Crippen LogP contribution < -0.4 is 9.47 Å². The molecule has 0 N–H and O–H groups in total. The van der Waals surface area contributed by atoms with Gasteiger partial charge in [-0.05, 0) is 43.1 Å². The van der Waals surface area contributed by atoms with Gasteiger partial charge in [0.05, 0.1) is 26.5 Å². The molecule has 1 aromatic heterocycles. The molecule has 0 spiro atoms. The van der Waals surface area contributed by atoms with Crippen molar-refractivity contribution in [3.05, 3.63) is 23.0 Å². The van der Waals surface area contributed by atoms with Crippen LogP contribution in [-0.4, -0.2) is 42.0 Å². The summed E-state index contributed by atoms with van der Waals surface area (Å²) in [5.74, 6) is 2.62. The zero-order chi connectivity index (χ0) is 17.1. The molecule has 0 amide bonds. The van der Waals surface area contributed by atoms with E-state index >= 15 is 0 Å². The van der Waals surface area contributed by atoms with E-state index in [1.165, 1.54) is 12.8 Å². The van der Waals surface area contributed by atoms with Crippen molar-refractivity contribution >= 4 is 12.2 Å². The highest BCUT2D eigenvalue weighted by molar-refractivity contribution is 7.71. The first-order chi connectivity index (χ1) is 11.6. The first-order valence-corrected chi connectivity index (χ1v) is 8.54. The van der Waals surface area contributed by atoms with Crippen LogP contribution in [-0.2, 0) is 6.67 Å². The van der Waals surface area contributed by atoms with Crippen molar-refractivity contribution in [1.82, 2.24) is 14.7 Å². The number of rotatable bonds is 5. The van der Waals surface area contributed by atoms with E-state index in [4.69, 9.17) is 26.1 Å². The molecule has 2 aromatic rings. The van der Waals surface area contributed by atoms with Gasteiger partial charge in [-0.25, -0.2) is 4.68 Å². The van der Waals surface area contributed by atoms with Crippen LogP contribution in [0.1, 0.15) is 19.8 Å². The molecule has 0 unspecified atom stereocenters. The van der Waals surface area contributed by atoms with E-state index < -0.39 is 0 Å². The monoisotopic (exact) mass is 349 g/mol. The molecule has 130 valence electrons. The summed E-state index contributed by atoms with van der Waals surface area (Å²) in [4.78, 5) is 2.73. The fraction of sp³-hybridized carbons (Fsp3) is 0.529. The predicted octanol–water partition coefficient (Wildman–Crippen LogP) is 3.58. The topological polar surface area (TPSA) is 52.7 Å². The molecule has 6 nitrogen and oxygen atoms in total. The summed E-state index contributed by atoms with van der Waals surface area (Å²) < 4.78 is 18.1. The third kappa shape index (κ3) is 3.62. The highest BCUT2D eigenvalue weighted by Crippen LogP contribution is 2.32. The quantitative estimate of drug-likeness (QED) is 0.769. The zero-order valence-corrected chi connectivity index (χ0v) is 15.1. The van der Waals surface area contributed by atoms with Gasteiger partial charge in [0.25, 0.3) is 10.7 Å². The minimum atomic E-state index is 0.376. The van der Waals surface area contributed by atoms with Gasteiger partial charge >= 0.3 is 0 Å². The van der Waals surface area contributed by atoms with Crippen LogP contribution in [0, 0.1) is 10.8 Å². The number of piperidine rings is 1. The molecule has 1 aliphatic rings. The second kappa shape index (κ2) is 7.36. The van der Waals surface area contributed by atoms with E-state index in [0.717, 1.165) is 30.3 Å².